The van der Waals surface area contributed by atoms with Gasteiger partial charge in [-0.25, -0.2) is 4.79 Å². The van der Waals surface area contributed by atoms with E-state index in [9.17, 15) is 9.59 Å². The summed E-state index contributed by atoms with van der Waals surface area (Å²) in [7, 11) is 0. The highest BCUT2D eigenvalue weighted by molar-refractivity contribution is 6.06. The third-order valence-corrected chi connectivity index (χ3v) is 3.07. The Labute approximate surface area is 116 Å². The van der Waals surface area contributed by atoms with Crippen molar-refractivity contribution in [3.05, 3.63) is 42.1 Å². The zero-order chi connectivity index (χ0) is 14.5. The van der Waals surface area contributed by atoms with Crippen molar-refractivity contribution in [2.75, 3.05) is 0 Å². The van der Waals surface area contributed by atoms with Gasteiger partial charge in [0.25, 0.3) is 5.91 Å². The van der Waals surface area contributed by atoms with Gasteiger partial charge in [-0.2, -0.15) is 0 Å². The van der Waals surface area contributed by atoms with Crippen LogP contribution in [0.1, 0.15) is 30.1 Å². The van der Waals surface area contributed by atoms with E-state index in [2.05, 4.69) is 10.3 Å². The zero-order valence-electron chi connectivity index (χ0n) is 11.2. The fourth-order valence-electron chi connectivity index (χ4n) is 2.08. The van der Waals surface area contributed by atoms with Crippen molar-refractivity contribution in [3.8, 4) is 0 Å². The van der Waals surface area contributed by atoms with Crippen molar-refractivity contribution in [3.63, 3.8) is 0 Å². The summed E-state index contributed by atoms with van der Waals surface area (Å²) in [6.45, 7) is 1.88. The van der Waals surface area contributed by atoms with Crippen LogP contribution in [-0.2, 0) is 4.79 Å². The van der Waals surface area contributed by atoms with Crippen LogP contribution in [0.15, 0.2) is 36.5 Å². The predicted molar refractivity (Wildman–Crippen MR) is 75.5 cm³/mol. The number of nitrogens with one attached hydrogen (secondary N) is 1. The Morgan fingerprint density at radius 3 is 2.75 bits per heavy atom. The molecule has 0 aliphatic carbocycles. The molecule has 0 bridgehead atoms. The van der Waals surface area contributed by atoms with Crippen LogP contribution >= 0.6 is 0 Å². The number of carboxylic acid groups (broad SMARTS) is 1. The number of benzene rings is 1. The first kappa shape index (κ1) is 14.0. The third kappa shape index (κ3) is 2.93. The Hall–Kier alpha value is -2.43. The van der Waals surface area contributed by atoms with Crippen LogP contribution in [-0.4, -0.2) is 28.0 Å². The molecular weight excluding hydrogens is 256 g/mol. The van der Waals surface area contributed by atoms with Gasteiger partial charge in [0.15, 0.2) is 0 Å². The van der Waals surface area contributed by atoms with E-state index >= 15 is 0 Å². The van der Waals surface area contributed by atoms with Gasteiger partial charge in [0.2, 0.25) is 0 Å². The molecular formula is C15H16N2O3. The Morgan fingerprint density at radius 2 is 2.05 bits per heavy atom. The molecule has 0 radical (unpaired) electrons. The molecule has 0 unspecified atom stereocenters. The topological polar surface area (TPSA) is 79.3 Å². The lowest BCUT2D eigenvalue weighted by Gasteiger charge is -2.14. The molecule has 0 saturated heterocycles. The first-order chi connectivity index (χ1) is 9.63. The number of para-hydroxylation sites is 1. The van der Waals surface area contributed by atoms with Crippen molar-refractivity contribution in [1.82, 2.24) is 10.3 Å². The van der Waals surface area contributed by atoms with Gasteiger partial charge in [0.05, 0.1) is 11.1 Å². The standard InChI is InChI=1S/C15H16N2O3/c1-2-5-13(15(19)20)17-14(18)11-8-9-16-12-7-4-3-6-10(11)12/h3-4,6-9,13H,2,5H2,1H3,(H,17,18)(H,19,20)/t13-/m0/s1. The third-order valence-electron chi connectivity index (χ3n) is 3.07. The second-order valence-corrected chi connectivity index (χ2v) is 4.53. The molecule has 1 aromatic carbocycles. The van der Waals surface area contributed by atoms with Gasteiger partial charge < -0.3 is 10.4 Å². The maximum absolute atomic E-state index is 12.2. The van der Waals surface area contributed by atoms with Gasteiger partial charge in [0, 0.05) is 11.6 Å². The molecule has 1 amide bonds. The Kier molecular flexibility index (Phi) is 4.30. The van der Waals surface area contributed by atoms with Gasteiger partial charge in [0.1, 0.15) is 6.04 Å². The lowest BCUT2D eigenvalue weighted by Crippen LogP contribution is -2.40. The van der Waals surface area contributed by atoms with E-state index in [0.29, 0.717) is 29.3 Å². The maximum Gasteiger partial charge on any atom is 0.326 e. The molecule has 2 N–H and O–H groups in total. The van der Waals surface area contributed by atoms with E-state index < -0.39 is 12.0 Å². The fraction of sp³-hybridized carbons (Fsp3) is 0.267. The Bertz CT molecular complexity index is 635. The van der Waals surface area contributed by atoms with Crippen molar-refractivity contribution >= 4 is 22.8 Å². The molecule has 0 aliphatic heterocycles. The lowest BCUT2D eigenvalue weighted by molar-refractivity contribution is -0.139. The monoisotopic (exact) mass is 272 g/mol. The molecule has 1 heterocycles. The van der Waals surface area contributed by atoms with E-state index in [1.807, 2.05) is 25.1 Å². The lowest BCUT2D eigenvalue weighted by atomic mass is 10.1. The van der Waals surface area contributed by atoms with Gasteiger partial charge in [-0.15, -0.1) is 0 Å². The average molecular weight is 272 g/mol. The highest BCUT2D eigenvalue weighted by atomic mass is 16.4. The highest BCUT2D eigenvalue weighted by Gasteiger charge is 2.20. The first-order valence-electron chi connectivity index (χ1n) is 6.51. The average Bonchev–Trinajstić information content (AvgIpc) is 2.46. The van der Waals surface area contributed by atoms with Crippen molar-refractivity contribution in [1.29, 1.82) is 0 Å². The van der Waals surface area contributed by atoms with Gasteiger partial charge in [-0.3, -0.25) is 9.78 Å². The molecule has 1 atom stereocenters. The highest BCUT2D eigenvalue weighted by Crippen LogP contribution is 2.16. The van der Waals surface area contributed by atoms with Crippen molar-refractivity contribution in [2.24, 2.45) is 0 Å². The minimum atomic E-state index is -1.02. The normalized spacial score (nSPS) is 12.1. The Balaban J connectivity index is 2.29. The fourth-order valence-corrected chi connectivity index (χ4v) is 2.08. The summed E-state index contributed by atoms with van der Waals surface area (Å²) in [4.78, 5) is 27.5. The van der Waals surface area contributed by atoms with E-state index in [0.717, 1.165) is 0 Å². The smallest absolute Gasteiger partial charge is 0.326 e. The van der Waals surface area contributed by atoms with E-state index in [1.165, 1.54) is 0 Å². The molecule has 0 saturated carbocycles. The number of carbonyl (C=O) groups excluding carboxylic acids is 1. The van der Waals surface area contributed by atoms with E-state index in [1.54, 1.807) is 18.3 Å². The SMILES string of the molecule is CCC[C@H](NC(=O)c1ccnc2ccccc12)C(=O)O. The number of carboxylic acids is 1. The maximum atomic E-state index is 12.2. The molecule has 104 valence electrons. The largest absolute Gasteiger partial charge is 0.480 e. The summed E-state index contributed by atoms with van der Waals surface area (Å²) < 4.78 is 0. The van der Waals surface area contributed by atoms with Crippen LogP contribution in [0, 0.1) is 0 Å². The summed E-state index contributed by atoms with van der Waals surface area (Å²) in [5.74, 6) is -1.40. The summed E-state index contributed by atoms with van der Waals surface area (Å²) in [5.41, 5.74) is 1.15. The Morgan fingerprint density at radius 1 is 1.30 bits per heavy atom. The second kappa shape index (κ2) is 6.14. The number of rotatable bonds is 5. The van der Waals surface area contributed by atoms with Crippen molar-refractivity contribution < 1.29 is 14.7 Å². The number of amides is 1. The van der Waals surface area contributed by atoms with Crippen molar-refractivity contribution in [2.45, 2.75) is 25.8 Å². The molecule has 2 rings (SSSR count). The van der Waals surface area contributed by atoms with Crippen LogP contribution in [0.3, 0.4) is 0 Å². The number of carbonyl (C=O) groups is 2. The van der Waals surface area contributed by atoms with Crippen LogP contribution in [0.2, 0.25) is 0 Å². The number of aliphatic carboxylic acids is 1. The number of hydrogen-bond donors (Lipinski definition) is 2. The summed E-state index contributed by atoms with van der Waals surface area (Å²) in [6, 6.07) is 8.01. The molecule has 1 aromatic heterocycles. The number of hydrogen-bond acceptors (Lipinski definition) is 3. The van der Waals surface area contributed by atoms with Gasteiger partial charge in [-0.05, 0) is 18.6 Å². The van der Waals surface area contributed by atoms with Crippen LogP contribution in [0.4, 0.5) is 0 Å². The molecule has 0 spiro atoms. The molecule has 20 heavy (non-hydrogen) atoms. The number of aromatic nitrogens is 1. The molecule has 2 aromatic rings. The minimum Gasteiger partial charge on any atom is -0.480 e. The summed E-state index contributed by atoms with van der Waals surface area (Å²) in [6.07, 6.45) is 2.64. The number of nitrogens with zero attached hydrogens (tertiary/aromatic N) is 1. The summed E-state index contributed by atoms with van der Waals surface area (Å²) in [5, 5.41) is 12.4. The molecule has 0 aliphatic rings. The van der Waals surface area contributed by atoms with Gasteiger partial charge in [-0.1, -0.05) is 31.5 Å². The van der Waals surface area contributed by atoms with E-state index in [4.69, 9.17) is 5.11 Å². The molecule has 5 heteroatoms. The van der Waals surface area contributed by atoms with Gasteiger partial charge >= 0.3 is 5.97 Å². The van der Waals surface area contributed by atoms with E-state index in [-0.39, 0.29) is 5.91 Å². The zero-order valence-corrected chi connectivity index (χ0v) is 11.2. The quantitative estimate of drug-likeness (QED) is 0.874. The van der Waals surface area contributed by atoms with Crippen LogP contribution in [0.5, 0.6) is 0 Å². The number of fused-ring (bicyclic) bond motifs is 1. The second-order valence-electron chi connectivity index (χ2n) is 4.53. The molecule has 0 fully saturated rings. The number of pyridine rings is 1. The first-order valence-corrected chi connectivity index (χ1v) is 6.51. The predicted octanol–water partition coefficient (Wildman–Crippen LogP) is 2.22. The molecule has 5 nitrogen and oxygen atoms in total. The summed E-state index contributed by atoms with van der Waals surface area (Å²) >= 11 is 0. The minimum absolute atomic E-state index is 0.385. The van der Waals surface area contributed by atoms with Crippen LogP contribution < -0.4 is 5.32 Å². The van der Waals surface area contributed by atoms with Crippen LogP contribution in [0.25, 0.3) is 10.9 Å².